The maximum Gasteiger partial charge on any atom is 0.420 e. The minimum Gasteiger partial charge on any atom is -0.378 e. The Morgan fingerprint density at radius 1 is 1.38 bits per heavy atom. The van der Waals surface area contributed by atoms with E-state index in [-0.39, 0.29) is 0 Å². The monoisotopic (exact) mass is 255 g/mol. The summed E-state index contributed by atoms with van der Waals surface area (Å²) < 4.78 is 36.4. The van der Waals surface area contributed by atoms with Crippen molar-refractivity contribution in [2.24, 2.45) is 0 Å². The summed E-state index contributed by atoms with van der Waals surface area (Å²) in [5.74, 6) is 0. The fourth-order valence-corrected chi connectivity index (χ4v) is 0.951. The molecule has 1 aromatic heterocycles. The van der Waals surface area contributed by atoms with Gasteiger partial charge in [0.15, 0.2) is 6.10 Å². The van der Waals surface area contributed by atoms with Crippen LogP contribution in [0, 0.1) is 0 Å². The highest BCUT2D eigenvalue weighted by Crippen LogP contribution is 2.31. The third-order valence-electron chi connectivity index (χ3n) is 1.34. The molecule has 1 atom stereocenters. The fraction of sp³-hybridized carbons (Fsp3) is 0.286. The summed E-state index contributed by atoms with van der Waals surface area (Å²) in [6.07, 6.45) is -5.98. The van der Waals surface area contributed by atoms with Crippen LogP contribution >= 0.6 is 15.9 Å². The second-order valence-corrected chi connectivity index (χ2v) is 3.26. The number of hydrogen-bond donors (Lipinski definition) is 1. The van der Waals surface area contributed by atoms with E-state index in [1.54, 1.807) is 0 Å². The number of alkyl halides is 3. The Bertz CT molecular complexity index is 285. The summed E-state index contributed by atoms with van der Waals surface area (Å²) in [4.78, 5) is 3.43. The molecule has 1 N–H and O–H groups in total. The van der Waals surface area contributed by atoms with E-state index >= 15 is 0 Å². The zero-order valence-corrected chi connectivity index (χ0v) is 7.80. The van der Waals surface area contributed by atoms with Gasteiger partial charge in [-0.2, -0.15) is 13.2 Å². The van der Waals surface area contributed by atoms with Crippen LogP contribution in [0.2, 0.25) is 0 Å². The first-order chi connectivity index (χ1) is 5.91. The average molecular weight is 256 g/mol. The van der Waals surface area contributed by atoms with Crippen LogP contribution in [-0.4, -0.2) is 16.3 Å². The number of aliphatic hydroxyl groups is 1. The number of rotatable bonds is 1. The zero-order valence-electron chi connectivity index (χ0n) is 6.22. The van der Waals surface area contributed by atoms with Crippen LogP contribution in [0.1, 0.15) is 11.8 Å². The molecule has 2 nitrogen and oxygen atoms in total. The van der Waals surface area contributed by atoms with Gasteiger partial charge in [0.25, 0.3) is 0 Å². The van der Waals surface area contributed by atoms with Gasteiger partial charge in [0.05, 0.1) is 5.69 Å². The lowest BCUT2D eigenvalue weighted by Gasteiger charge is -2.13. The van der Waals surface area contributed by atoms with Crippen molar-refractivity contribution in [2.45, 2.75) is 12.3 Å². The smallest absolute Gasteiger partial charge is 0.378 e. The Morgan fingerprint density at radius 3 is 2.38 bits per heavy atom. The molecule has 1 heterocycles. The summed E-state index contributed by atoms with van der Waals surface area (Å²) in [6, 6.07) is 2.50. The van der Waals surface area contributed by atoms with Gasteiger partial charge in [-0.05, 0) is 28.1 Å². The van der Waals surface area contributed by atoms with E-state index in [1.165, 1.54) is 12.3 Å². The van der Waals surface area contributed by atoms with Gasteiger partial charge in [0, 0.05) is 10.7 Å². The standard InChI is InChI=1S/C7H5BrF3NO/c8-4-1-2-5(12-3-4)6(13)7(9,10)11/h1-3,6,13H. The lowest BCUT2D eigenvalue weighted by Crippen LogP contribution is -2.21. The van der Waals surface area contributed by atoms with E-state index < -0.39 is 18.0 Å². The molecular formula is C7H5BrF3NO. The number of nitrogens with zero attached hydrogens (tertiary/aromatic N) is 1. The molecule has 0 fully saturated rings. The number of pyridine rings is 1. The van der Waals surface area contributed by atoms with E-state index in [1.807, 2.05) is 0 Å². The zero-order chi connectivity index (χ0) is 10.1. The molecule has 0 aromatic carbocycles. The molecule has 13 heavy (non-hydrogen) atoms. The van der Waals surface area contributed by atoms with Crippen LogP contribution in [0.5, 0.6) is 0 Å². The summed E-state index contributed by atoms with van der Waals surface area (Å²) in [6.45, 7) is 0. The molecular weight excluding hydrogens is 251 g/mol. The minimum atomic E-state index is -4.67. The molecule has 0 saturated heterocycles. The van der Waals surface area contributed by atoms with Gasteiger partial charge in [-0.25, -0.2) is 0 Å². The normalized spacial score (nSPS) is 14.2. The van der Waals surface area contributed by atoms with Crippen LogP contribution in [0.3, 0.4) is 0 Å². The second kappa shape index (κ2) is 3.63. The molecule has 1 aromatic rings. The number of aromatic nitrogens is 1. The maximum atomic E-state index is 11.9. The van der Waals surface area contributed by atoms with E-state index in [0.29, 0.717) is 4.47 Å². The minimum absolute atomic E-state index is 0.407. The molecule has 0 aliphatic carbocycles. The van der Waals surface area contributed by atoms with Crippen LogP contribution in [0.4, 0.5) is 13.2 Å². The third kappa shape index (κ3) is 2.67. The van der Waals surface area contributed by atoms with Crippen LogP contribution in [0.15, 0.2) is 22.8 Å². The van der Waals surface area contributed by atoms with Crippen LogP contribution < -0.4 is 0 Å². The predicted octanol–water partition coefficient (Wildman–Crippen LogP) is 2.44. The highest BCUT2D eigenvalue weighted by atomic mass is 79.9. The predicted molar refractivity (Wildman–Crippen MR) is 43.0 cm³/mol. The average Bonchev–Trinajstić information content (AvgIpc) is 2.03. The van der Waals surface area contributed by atoms with Crippen LogP contribution in [0.25, 0.3) is 0 Å². The first-order valence-electron chi connectivity index (χ1n) is 3.27. The van der Waals surface area contributed by atoms with Gasteiger partial charge in [0.2, 0.25) is 0 Å². The molecule has 0 amide bonds. The van der Waals surface area contributed by atoms with Crippen molar-refractivity contribution in [3.63, 3.8) is 0 Å². The van der Waals surface area contributed by atoms with Gasteiger partial charge in [-0.15, -0.1) is 0 Å². The van der Waals surface area contributed by atoms with E-state index in [2.05, 4.69) is 20.9 Å². The second-order valence-electron chi connectivity index (χ2n) is 2.35. The summed E-state index contributed by atoms with van der Waals surface area (Å²) in [5, 5.41) is 8.75. The largest absolute Gasteiger partial charge is 0.420 e. The van der Waals surface area contributed by atoms with E-state index in [0.717, 1.165) is 6.07 Å². The van der Waals surface area contributed by atoms with Crippen molar-refractivity contribution in [3.8, 4) is 0 Å². The molecule has 72 valence electrons. The number of halogens is 4. The summed E-state index contributed by atoms with van der Waals surface area (Å²) in [5.41, 5.74) is -0.407. The van der Waals surface area contributed by atoms with E-state index in [9.17, 15) is 13.2 Å². The highest BCUT2D eigenvalue weighted by Gasteiger charge is 2.40. The van der Waals surface area contributed by atoms with Gasteiger partial charge < -0.3 is 5.11 Å². The van der Waals surface area contributed by atoms with E-state index in [4.69, 9.17) is 5.11 Å². The maximum absolute atomic E-state index is 11.9. The van der Waals surface area contributed by atoms with Crippen molar-refractivity contribution >= 4 is 15.9 Å². The molecule has 0 aliphatic heterocycles. The lowest BCUT2D eigenvalue weighted by molar-refractivity contribution is -0.207. The first-order valence-corrected chi connectivity index (χ1v) is 4.07. The summed E-state index contributed by atoms with van der Waals surface area (Å²) >= 11 is 3.02. The first kappa shape index (κ1) is 10.5. The van der Waals surface area contributed by atoms with Crippen LogP contribution in [-0.2, 0) is 0 Å². The van der Waals surface area contributed by atoms with Crippen molar-refractivity contribution in [1.29, 1.82) is 0 Å². The topological polar surface area (TPSA) is 33.1 Å². The van der Waals surface area contributed by atoms with Gasteiger partial charge in [-0.1, -0.05) is 0 Å². The van der Waals surface area contributed by atoms with Crippen molar-refractivity contribution < 1.29 is 18.3 Å². The Labute approximate surface area is 80.5 Å². The number of hydrogen-bond acceptors (Lipinski definition) is 2. The van der Waals surface area contributed by atoms with Crippen molar-refractivity contribution in [1.82, 2.24) is 4.98 Å². The molecule has 0 radical (unpaired) electrons. The molecule has 0 aliphatic rings. The lowest BCUT2D eigenvalue weighted by atomic mass is 10.2. The molecule has 0 saturated carbocycles. The molecule has 1 unspecified atom stereocenters. The molecule has 0 spiro atoms. The van der Waals surface area contributed by atoms with Crippen molar-refractivity contribution in [2.75, 3.05) is 0 Å². The SMILES string of the molecule is OC(c1ccc(Br)cn1)C(F)(F)F. The summed E-state index contributed by atoms with van der Waals surface area (Å²) in [7, 11) is 0. The Kier molecular flexibility index (Phi) is 2.92. The van der Waals surface area contributed by atoms with Gasteiger partial charge in [-0.3, -0.25) is 4.98 Å². The third-order valence-corrected chi connectivity index (χ3v) is 1.81. The highest BCUT2D eigenvalue weighted by molar-refractivity contribution is 9.10. The van der Waals surface area contributed by atoms with Gasteiger partial charge in [0.1, 0.15) is 0 Å². The molecule has 1 rings (SSSR count). The molecule has 0 bridgehead atoms. The van der Waals surface area contributed by atoms with Crippen molar-refractivity contribution in [3.05, 3.63) is 28.5 Å². The van der Waals surface area contributed by atoms with Gasteiger partial charge >= 0.3 is 6.18 Å². The molecule has 6 heteroatoms. The number of aliphatic hydroxyl groups excluding tert-OH is 1. The quantitative estimate of drug-likeness (QED) is 0.837. The Hall–Kier alpha value is -0.620. The fourth-order valence-electron chi connectivity index (χ4n) is 0.717. The Balaban J connectivity index is 2.90. The Morgan fingerprint density at radius 2 is 2.00 bits per heavy atom.